The van der Waals surface area contributed by atoms with E-state index in [1.54, 1.807) is 12.1 Å². The number of piperidine rings is 1. The summed E-state index contributed by atoms with van der Waals surface area (Å²) in [6, 6.07) is 21.7. The smallest absolute Gasteiger partial charge is 0.324 e. The van der Waals surface area contributed by atoms with Gasteiger partial charge in [0.15, 0.2) is 12.0 Å². The van der Waals surface area contributed by atoms with Crippen molar-refractivity contribution in [2.75, 3.05) is 26.2 Å². The van der Waals surface area contributed by atoms with E-state index in [4.69, 9.17) is 9.26 Å². The van der Waals surface area contributed by atoms with Gasteiger partial charge in [0, 0.05) is 42.9 Å². The second kappa shape index (κ2) is 14.3. The Morgan fingerprint density at radius 2 is 1.71 bits per heavy atom. The summed E-state index contributed by atoms with van der Waals surface area (Å²) >= 11 is 0. The molecule has 1 aliphatic heterocycles. The molecule has 5 rings (SSSR count). The van der Waals surface area contributed by atoms with Crippen molar-refractivity contribution >= 4 is 17.8 Å². The fraction of sp³-hybridized carbons (Fsp3) is 0.324. The van der Waals surface area contributed by atoms with Crippen LogP contribution in [0.25, 0.3) is 34.0 Å². The predicted molar refractivity (Wildman–Crippen MR) is 164 cm³/mol. The van der Waals surface area contributed by atoms with E-state index in [1.807, 2.05) is 61.5 Å². The molecule has 11 heteroatoms. The highest BCUT2D eigenvalue weighted by Gasteiger charge is 2.49. The Hall–Kier alpha value is -4.90. The van der Waals surface area contributed by atoms with Crippen LogP contribution in [0.4, 0.5) is 4.39 Å². The van der Waals surface area contributed by atoms with Crippen molar-refractivity contribution in [3.8, 4) is 34.0 Å². The molecule has 0 spiro atoms. The molecule has 0 saturated carbocycles. The van der Waals surface area contributed by atoms with E-state index >= 15 is 0 Å². The fourth-order valence-electron chi connectivity index (χ4n) is 5.30. The third-order valence-electron chi connectivity index (χ3n) is 8.04. The van der Waals surface area contributed by atoms with Crippen molar-refractivity contribution in [2.45, 2.75) is 39.2 Å². The first kappa shape index (κ1) is 31.5. The zero-order chi connectivity index (χ0) is 31.8. The van der Waals surface area contributed by atoms with Crippen molar-refractivity contribution in [3.63, 3.8) is 0 Å². The van der Waals surface area contributed by atoms with Crippen LogP contribution in [0.5, 0.6) is 0 Å². The third kappa shape index (κ3) is 7.43. The summed E-state index contributed by atoms with van der Waals surface area (Å²) in [6.07, 6.45) is 1.88. The van der Waals surface area contributed by atoms with Gasteiger partial charge < -0.3 is 19.7 Å². The molecule has 10 nitrogen and oxygen atoms in total. The molecular weight excluding hydrogens is 579 g/mol. The molecule has 2 heterocycles. The molecule has 234 valence electrons. The Kier molecular flexibility index (Phi) is 9.99. The van der Waals surface area contributed by atoms with Gasteiger partial charge in [-0.1, -0.05) is 79.2 Å². The highest BCUT2D eigenvalue weighted by molar-refractivity contribution is 6.00. The van der Waals surface area contributed by atoms with Crippen LogP contribution in [0.2, 0.25) is 0 Å². The van der Waals surface area contributed by atoms with Crippen molar-refractivity contribution < 1.29 is 33.1 Å². The lowest BCUT2D eigenvalue weighted by Crippen LogP contribution is -2.50. The number of ether oxygens (including phenoxy) is 1. The van der Waals surface area contributed by atoms with E-state index in [0.29, 0.717) is 43.1 Å². The van der Waals surface area contributed by atoms with Gasteiger partial charge >= 0.3 is 11.9 Å². The number of likely N-dealkylation sites (tertiary alicyclic amines) is 1. The highest BCUT2D eigenvalue weighted by Crippen LogP contribution is 2.34. The number of nitrogens with zero attached hydrogens (tertiary/aromatic N) is 3. The summed E-state index contributed by atoms with van der Waals surface area (Å²) in [6.45, 7) is 3.28. The Morgan fingerprint density at radius 3 is 2.38 bits per heavy atom. The van der Waals surface area contributed by atoms with Gasteiger partial charge in [-0.25, -0.2) is 4.39 Å². The number of amides is 1. The summed E-state index contributed by atoms with van der Waals surface area (Å²) in [5, 5.41) is 16.6. The van der Waals surface area contributed by atoms with Gasteiger partial charge in [0.1, 0.15) is 5.82 Å². The zero-order valence-corrected chi connectivity index (χ0v) is 25.0. The van der Waals surface area contributed by atoms with Gasteiger partial charge in [-0.3, -0.25) is 19.3 Å². The van der Waals surface area contributed by atoms with Crippen LogP contribution in [0, 0.1) is 11.2 Å². The lowest BCUT2D eigenvalue weighted by molar-refractivity contribution is -0.174. The van der Waals surface area contributed by atoms with Crippen LogP contribution in [0.15, 0.2) is 77.3 Å². The molecule has 1 saturated heterocycles. The normalized spacial score (nSPS) is 14.5. The number of carbonyl (C=O) groups excluding carboxylic acids is 2. The summed E-state index contributed by atoms with van der Waals surface area (Å²) in [5.74, 6) is -2.37. The Bertz CT molecular complexity index is 1630. The minimum absolute atomic E-state index is 0.0786. The van der Waals surface area contributed by atoms with E-state index in [0.717, 1.165) is 29.5 Å². The van der Waals surface area contributed by atoms with Crippen LogP contribution in [-0.4, -0.2) is 64.2 Å². The number of halogens is 1. The molecular formula is C34H35FN4O6. The van der Waals surface area contributed by atoms with Crippen LogP contribution in [-0.2, 0) is 25.7 Å². The van der Waals surface area contributed by atoms with Crippen LogP contribution < -0.4 is 5.32 Å². The molecule has 0 bridgehead atoms. The number of aliphatic carboxylic acids is 1. The van der Waals surface area contributed by atoms with Gasteiger partial charge in [0.25, 0.3) is 11.8 Å². The summed E-state index contributed by atoms with van der Waals surface area (Å²) < 4.78 is 25.4. The SMILES string of the molecule is CCCCNC(=O)COC(=O)C1(C(=O)O)CCN(Cc2ccc(-c3noc(-c4ccc(-c5ccccc5)c(F)c4)n3)cc2)CC1. The molecule has 0 radical (unpaired) electrons. The van der Waals surface area contributed by atoms with Crippen LogP contribution in [0.3, 0.4) is 0 Å². The molecule has 45 heavy (non-hydrogen) atoms. The van der Waals surface area contributed by atoms with Crippen molar-refractivity contribution in [3.05, 3.63) is 84.2 Å². The van der Waals surface area contributed by atoms with Gasteiger partial charge in [0.2, 0.25) is 5.82 Å². The van der Waals surface area contributed by atoms with E-state index in [1.165, 1.54) is 6.07 Å². The number of nitrogens with one attached hydrogen (secondary N) is 1. The maximum absolute atomic E-state index is 14.9. The fourth-order valence-corrected chi connectivity index (χ4v) is 5.30. The average Bonchev–Trinajstić information content (AvgIpc) is 3.55. The molecule has 2 N–H and O–H groups in total. The van der Waals surface area contributed by atoms with Crippen LogP contribution >= 0.6 is 0 Å². The van der Waals surface area contributed by atoms with E-state index in [9.17, 15) is 23.9 Å². The Labute approximate surface area is 260 Å². The topological polar surface area (TPSA) is 135 Å². The summed E-state index contributed by atoms with van der Waals surface area (Å²) in [7, 11) is 0. The number of carboxylic acids is 1. The number of hydrogen-bond acceptors (Lipinski definition) is 8. The lowest BCUT2D eigenvalue weighted by Gasteiger charge is -2.37. The predicted octanol–water partition coefficient (Wildman–Crippen LogP) is 5.34. The van der Waals surface area contributed by atoms with Gasteiger partial charge in [-0.15, -0.1) is 0 Å². The van der Waals surface area contributed by atoms with E-state index in [-0.39, 0.29) is 24.5 Å². The molecule has 0 unspecified atom stereocenters. The first-order chi connectivity index (χ1) is 21.8. The van der Waals surface area contributed by atoms with Gasteiger partial charge in [-0.2, -0.15) is 4.98 Å². The Morgan fingerprint density at radius 1 is 1.00 bits per heavy atom. The monoisotopic (exact) mass is 614 g/mol. The number of aromatic nitrogens is 2. The maximum atomic E-state index is 14.9. The summed E-state index contributed by atoms with van der Waals surface area (Å²) in [5.41, 5.74) is 1.77. The number of hydrogen-bond donors (Lipinski definition) is 2. The number of benzene rings is 3. The number of esters is 1. The average molecular weight is 615 g/mol. The second-order valence-electron chi connectivity index (χ2n) is 11.1. The molecule has 1 amide bonds. The molecule has 1 aromatic heterocycles. The second-order valence-corrected chi connectivity index (χ2v) is 11.1. The first-order valence-electron chi connectivity index (χ1n) is 15.0. The minimum Gasteiger partial charge on any atom is -0.480 e. The van der Waals surface area contributed by atoms with Gasteiger partial charge in [-0.05, 0) is 42.5 Å². The van der Waals surface area contributed by atoms with E-state index < -0.39 is 29.9 Å². The quantitative estimate of drug-likeness (QED) is 0.123. The molecule has 0 aliphatic carbocycles. The number of carbonyl (C=O) groups is 3. The number of unbranched alkanes of at least 4 members (excludes halogenated alkanes) is 1. The van der Waals surface area contributed by atoms with Crippen molar-refractivity contribution in [1.29, 1.82) is 0 Å². The molecule has 0 atom stereocenters. The molecule has 4 aromatic rings. The Balaban J connectivity index is 1.16. The molecule has 3 aromatic carbocycles. The lowest BCUT2D eigenvalue weighted by atomic mass is 9.78. The summed E-state index contributed by atoms with van der Waals surface area (Å²) in [4.78, 5) is 43.3. The molecule has 1 fully saturated rings. The zero-order valence-electron chi connectivity index (χ0n) is 25.0. The van der Waals surface area contributed by atoms with Gasteiger partial charge in [0.05, 0.1) is 0 Å². The standard InChI is InChI=1S/C34H35FN4O6/c1-2-3-17-36-29(40)22-44-33(43)34(32(41)42)15-18-39(19-16-34)21-23-9-11-25(12-10-23)30-37-31(45-38-30)26-13-14-27(28(35)20-26)24-7-5-4-6-8-24/h4-14,20H,2-3,15-19,21-22H2,1H3,(H,36,40)(H,41,42). The minimum atomic E-state index is -1.68. The third-order valence-corrected chi connectivity index (χ3v) is 8.04. The van der Waals surface area contributed by atoms with Crippen LogP contribution in [0.1, 0.15) is 38.2 Å². The number of rotatable bonds is 12. The van der Waals surface area contributed by atoms with E-state index in [2.05, 4.69) is 20.4 Å². The largest absolute Gasteiger partial charge is 0.480 e. The highest BCUT2D eigenvalue weighted by atomic mass is 19.1. The van der Waals surface area contributed by atoms with Crippen molar-refractivity contribution in [1.82, 2.24) is 20.4 Å². The first-order valence-corrected chi connectivity index (χ1v) is 15.0. The van der Waals surface area contributed by atoms with Crippen molar-refractivity contribution in [2.24, 2.45) is 5.41 Å². The maximum Gasteiger partial charge on any atom is 0.324 e. The number of carboxylic acid groups (broad SMARTS) is 1. The molecule has 1 aliphatic rings.